The number of fused-ring (bicyclic) bond motifs is 3. The van der Waals surface area contributed by atoms with Crippen molar-refractivity contribution >= 4 is 39.1 Å². The molecule has 1 N–H and O–H groups in total. The summed E-state index contributed by atoms with van der Waals surface area (Å²) in [7, 11) is -3.59. The number of hydrogen-bond donors (Lipinski definition) is 1. The van der Waals surface area contributed by atoms with E-state index in [2.05, 4.69) is 16.9 Å². The van der Waals surface area contributed by atoms with Crippen molar-refractivity contribution in [3.8, 4) is 5.75 Å². The highest BCUT2D eigenvalue weighted by Gasteiger charge is 2.41. The molecule has 3 aliphatic rings. The number of nitrogens with zero attached hydrogens (tertiary/aromatic N) is 1. The van der Waals surface area contributed by atoms with Gasteiger partial charge in [-0.1, -0.05) is 17.7 Å². The quantitative estimate of drug-likeness (QED) is 0.505. The van der Waals surface area contributed by atoms with Crippen molar-refractivity contribution in [2.45, 2.75) is 81.3 Å². The molecule has 1 aliphatic heterocycles. The maximum absolute atomic E-state index is 13.0. The molecule has 1 saturated heterocycles. The number of amides is 1. The first-order chi connectivity index (χ1) is 17.5. The normalized spacial score (nSPS) is 24.4. The van der Waals surface area contributed by atoms with Crippen LogP contribution in [0.25, 0.3) is 0 Å². The molecule has 2 aliphatic carbocycles. The van der Waals surface area contributed by atoms with E-state index in [1.807, 2.05) is 26.8 Å². The summed E-state index contributed by atoms with van der Waals surface area (Å²) in [6, 6.07) is 9.43. The molecule has 202 valence electrons. The minimum absolute atomic E-state index is 0.0520. The number of rotatable bonds is 5. The number of hydrogen-bond acceptors (Lipinski definition) is 6. The smallest absolute Gasteiger partial charge is 0.410 e. The number of likely N-dealkylation sites (tertiary alicyclic amines) is 1. The van der Waals surface area contributed by atoms with Crippen molar-refractivity contribution in [3.05, 3.63) is 45.8 Å². The maximum Gasteiger partial charge on any atom is 0.410 e. The molecule has 1 aromatic carbocycles. The van der Waals surface area contributed by atoms with Crippen molar-refractivity contribution in [3.63, 3.8) is 0 Å². The minimum Gasteiger partial charge on any atom is -0.490 e. The molecule has 3 atom stereocenters. The van der Waals surface area contributed by atoms with Crippen molar-refractivity contribution in [1.82, 2.24) is 9.62 Å². The standard InChI is InChI=1S/C27H35ClN2O5S2/c1-27(2,3)35-26(31)30-12-10-21(11-13-30)34-22-7-6-17-14-18-4-5-19(15-20(17)16-22)25(18)29-37(32,33)24-9-8-23(28)36-24/h6-9,16,18-19,21,25,29H,4-5,10-15H2,1-3H3. The fraction of sp³-hybridized carbons (Fsp3) is 0.593. The molecule has 5 rings (SSSR count). The zero-order valence-corrected chi connectivity index (χ0v) is 23.9. The van der Waals surface area contributed by atoms with Crippen LogP contribution in [0.15, 0.2) is 34.5 Å². The van der Waals surface area contributed by atoms with E-state index in [0.29, 0.717) is 17.4 Å². The van der Waals surface area contributed by atoms with Gasteiger partial charge in [0.15, 0.2) is 0 Å². The number of carbonyl (C=O) groups is 1. The van der Waals surface area contributed by atoms with Gasteiger partial charge in [0.2, 0.25) is 10.0 Å². The molecule has 1 aromatic heterocycles. The van der Waals surface area contributed by atoms with Crippen LogP contribution >= 0.6 is 22.9 Å². The van der Waals surface area contributed by atoms with Crippen LogP contribution in [-0.2, 0) is 27.6 Å². The molecule has 0 radical (unpaired) electrons. The predicted octanol–water partition coefficient (Wildman–Crippen LogP) is 5.65. The van der Waals surface area contributed by atoms with Gasteiger partial charge in [-0.15, -0.1) is 11.3 Å². The van der Waals surface area contributed by atoms with Gasteiger partial charge in [0, 0.05) is 32.0 Å². The molecule has 2 bridgehead atoms. The molecular weight excluding hydrogens is 532 g/mol. The zero-order chi connectivity index (χ0) is 26.4. The van der Waals surface area contributed by atoms with E-state index in [0.717, 1.165) is 55.6 Å². The molecule has 0 spiro atoms. The topological polar surface area (TPSA) is 84.9 Å². The van der Waals surface area contributed by atoms with E-state index in [1.54, 1.807) is 17.0 Å². The molecule has 7 nitrogen and oxygen atoms in total. The van der Waals surface area contributed by atoms with Gasteiger partial charge in [0.1, 0.15) is 21.7 Å². The molecule has 37 heavy (non-hydrogen) atoms. The lowest BCUT2D eigenvalue weighted by molar-refractivity contribution is 0.0126. The first-order valence-corrected chi connectivity index (χ1v) is 15.7. The SMILES string of the molecule is CC(C)(C)OC(=O)N1CCC(Oc2ccc3c(c2)CC2CCC(C3)C2NS(=O)(=O)c2ccc(Cl)s2)CC1. The molecule has 1 saturated carbocycles. The van der Waals surface area contributed by atoms with Crippen LogP contribution in [0.4, 0.5) is 4.79 Å². The van der Waals surface area contributed by atoms with E-state index in [1.165, 1.54) is 11.1 Å². The second-order valence-electron chi connectivity index (χ2n) is 11.4. The third-order valence-electron chi connectivity index (χ3n) is 7.57. The summed E-state index contributed by atoms with van der Waals surface area (Å²) in [6.45, 7) is 6.86. The van der Waals surface area contributed by atoms with Gasteiger partial charge in [0.25, 0.3) is 0 Å². The average molecular weight is 567 g/mol. The predicted molar refractivity (Wildman–Crippen MR) is 145 cm³/mol. The third kappa shape index (κ3) is 6.27. The van der Waals surface area contributed by atoms with Crippen LogP contribution in [-0.4, -0.2) is 50.2 Å². The van der Waals surface area contributed by atoms with Gasteiger partial charge in [-0.05, 0) is 93.7 Å². The molecule has 3 unspecified atom stereocenters. The summed E-state index contributed by atoms with van der Waals surface area (Å²) in [6.07, 6.45) is 5.04. The summed E-state index contributed by atoms with van der Waals surface area (Å²) >= 11 is 7.08. The van der Waals surface area contributed by atoms with Crippen molar-refractivity contribution in [2.75, 3.05) is 13.1 Å². The third-order valence-corrected chi connectivity index (χ3v) is 10.7. The Bertz CT molecular complexity index is 1250. The van der Waals surface area contributed by atoms with Gasteiger partial charge >= 0.3 is 6.09 Å². The Kier molecular flexibility index (Phi) is 7.53. The largest absolute Gasteiger partial charge is 0.490 e. The number of nitrogens with one attached hydrogen (secondary N) is 1. The lowest BCUT2D eigenvalue weighted by atomic mass is 9.93. The first-order valence-electron chi connectivity index (χ1n) is 13.0. The Morgan fingerprint density at radius 2 is 1.70 bits per heavy atom. The highest BCUT2D eigenvalue weighted by atomic mass is 35.5. The number of ether oxygens (including phenoxy) is 2. The summed E-state index contributed by atoms with van der Waals surface area (Å²) in [5, 5.41) is 0. The van der Waals surface area contributed by atoms with Crippen LogP contribution in [0.1, 0.15) is 57.6 Å². The molecule has 1 amide bonds. The Balaban J connectivity index is 1.21. The fourth-order valence-corrected chi connectivity index (χ4v) is 8.68. The molecule has 10 heteroatoms. The highest BCUT2D eigenvalue weighted by molar-refractivity contribution is 7.91. The Hall–Kier alpha value is -1.81. The van der Waals surface area contributed by atoms with Gasteiger partial charge in [-0.3, -0.25) is 0 Å². The van der Waals surface area contributed by atoms with Crippen molar-refractivity contribution in [1.29, 1.82) is 0 Å². The second kappa shape index (κ2) is 10.4. The number of halogens is 1. The minimum atomic E-state index is -3.59. The summed E-state index contributed by atoms with van der Waals surface area (Å²) < 4.78 is 41.6. The van der Waals surface area contributed by atoms with Crippen LogP contribution in [0.3, 0.4) is 0 Å². The Labute approximate surface area is 228 Å². The zero-order valence-electron chi connectivity index (χ0n) is 21.5. The van der Waals surface area contributed by atoms with Crippen LogP contribution < -0.4 is 9.46 Å². The van der Waals surface area contributed by atoms with Gasteiger partial charge in [-0.2, -0.15) is 0 Å². The number of sulfonamides is 1. The number of thiophene rings is 1. The Morgan fingerprint density at radius 1 is 1.03 bits per heavy atom. The molecule has 2 aromatic rings. The lowest BCUT2D eigenvalue weighted by Crippen LogP contribution is -2.44. The van der Waals surface area contributed by atoms with Crippen molar-refractivity contribution < 1.29 is 22.7 Å². The molecule has 2 fully saturated rings. The van der Waals surface area contributed by atoms with E-state index in [4.69, 9.17) is 21.1 Å². The van der Waals surface area contributed by atoms with Crippen molar-refractivity contribution in [2.24, 2.45) is 11.8 Å². The van der Waals surface area contributed by atoms with Crippen LogP contribution in [0.2, 0.25) is 4.34 Å². The van der Waals surface area contributed by atoms with E-state index < -0.39 is 15.6 Å². The fourth-order valence-electron chi connectivity index (χ4n) is 5.81. The second-order valence-corrected chi connectivity index (χ2v) is 15.1. The van der Waals surface area contributed by atoms with E-state index >= 15 is 0 Å². The maximum atomic E-state index is 13.0. The number of benzene rings is 1. The lowest BCUT2D eigenvalue weighted by Gasteiger charge is -2.33. The molecule has 2 heterocycles. The van der Waals surface area contributed by atoms with Gasteiger partial charge < -0.3 is 14.4 Å². The summed E-state index contributed by atoms with van der Waals surface area (Å²) in [5.41, 5.74) is 2.03. The summed E-state index contributed by atoms with van der Waals surface area (Å²) in [4.78, 5) is 14.1. The monoisotopic (exact) mass is 566 g/mol. The van der Waals surface area contributed by atoms with E-state index in [-0.39, 0.29) is 34.3 Å². The highest BCUT2D eigenvalue weighted by Crippen LogP contribution is 2.42. The number of piperidine rings is 1. The van der Waals surface area contributed by atoms with Gasteiger partial charge in [-0.25, -0.2) is 17.9 Å². The Morgan fingerprint density at radius 3 is 2.32 bits per heavy atom. The molecular formula is C27H35ClN2O5S2. The first kappa shape index (κ1) is 26.8. The van der Waals surface area contributed by atoms with Crippen LogP contribution in [0, 0.1) is 11.8 Å². The average Bonchev–Trinajstić information content (AvgIpc) is 3.37. The van der Waals surface area contributed by atoms with Gasteiger partial charge in [0.05, 0.1) is 4.34 Å². The summed E-state index contributed by atoms with van der Waals surface area (Å²) in [5.74, 6) is 1.38. The van der Waals surface area contributed by atoms with E-state index in [9.17, 15) is 13.2 Å². The number of carbonyl (C=O) groups excluding carboxylic acids is 1. The van der Waals surface area contributed by atoms with Crippen LogP contribution in [0.5, 0.6) is 5.75 Å².